The van der Waals surface area contributed by atoms with Crippen molar-refractivity contribution >= 4 is 47.8 Å². The van der Waals surface area contributed by atoms with Gasteiger partial charge in [-0.15, -0.1) is 0 Å². The van der Waals surface area contributed by atoms with Crippen molar-refractivity contribution in [1.29, 1.82) is 0 Å². The molecule has 0 aromatic carbocycles. The maximum absolute atomic E-state index is 10.9. The second-order valence-corrected chi connectivity index (χ2v) is 9.83. The van der Waals surface area contributed by atoms with Gasteiger partial charge < -0.3 is 9.47 Å². The molecule has 8 nitrogen and oxygen atoms in total. The first-order valence-electron chi connectivity index (χ1n) is 14.6. The Labute approximate surface area is 267 Å². The fraction of sp³-hybridized carbons (Fsp3) is 0.688. The maximum Gasteiger partial charge on any atom is 0.379 e. The molecule has 0 aromatic heterocycles. The Morgan fingerprint density at radius 2 is 0.878 bits per heavy atom. The summed E-state index contributed by atoms with van der Waals surface area (Å²) in [7, 11) is 0. The van der Waals surface area contributed by atoms with E-state index in [1.54, 1.807) is 0 Å². The average molecular weight is 688 g/mol. The second kappa shape index (κ2) is 40.3. The molecule has 0 aliphatic heterocycles. The second-order valence-electron chi connectivity index (χ2n) is 9.83. The summed E-state index contributed by atoms with van der Waals surface area (Å²) in [6.45, 7) is 20.8. The van der Waals surface area contributed by atoms with Gasteiger partial charge in [0, 0.05) is 48.2 Å². The molecular formula is C32H56O8Sn. The van der Waals surface area contributed by atoms with Crippen molar-refractivity contribution in [3.8, 4) is 0 Å². The minimum absolute atomic E-state index is 0. The average Bonchev–Trinajstić information content (AvgIpc) is 2.90. The van der Waals surface area contributed by atoms with Crippen LogP contribution in [0.3, 0.4) is 0 Å². The van der Waals surface area contributed by atoms with Gasteiger partial charge in [-0.3, -0.25) is 0 Å². The van der Waals surface area contributed by atoms with Crippen LogP contribution < -0.4 is 0 Å². The number of unbranched alkanes of at least 4 members (excludes halogenated alkanes) is 6. The van der Waals surface area contributed by atoms with Crippen LogP contribution in [0.1, 0.15) is 119 Å². The standard InChI is InChI=1S/2C12H19O4.2C4H9.Sn/c2*1-10(2)6-4-3-5-9-16-12(15)8-7-11(13)14;2*1-3-4-2;/h2*7-8,10H,3-6,9H2,1-2H3;2*1,3-4H2,2H3;/b2*8-7-;;;. The van der Waals surface area contributed by atoms with Gasteiger partial charge >= 0.3 is 23.9 Å². The molecule has 0 spiro atoms. The summed E-state index contributed by atoms with van der Waals surface area (Å²) in [4.78, 5) is 41.7. The molecule has 0 rings (SSSR count). The van der Waals surface area contributed by atoms with Crippen LogP contribution >= 0.6 is 0 Å². The van der Waals surface area contributed by atoms with Gasteiger partial charge in [0.2, 0.25) is 0 Å². The quantitative estimate of drug-likeness (QED) is 0.0641. The third-order valence-electron chi connectivity index (χ3n) is 4.76. The Hall–Kier alpha value is -1.84. The summed E-state index contributed by atoms with van der Waals surface area (Å²) < 4.78 is 9.57. The maximum atomic E-state index is 10.9. The molecule has 0 unspecified atom stereocenters. The first-order chi connectivity index (χ1) is 18.9. The van der Waals surface area contributed by atoms with Crippen molar-refractivity contribution in [3.63, 3.8) is 0 Å². The third kappa shape index (κ3) is 62.9. The van der Waals surface area contributed by atoms with Crippen molar-refractivity contribution in [3.05, 3.63) is 38.2 Å². The third-order valence-corrected chi connectivity index (χ3v) is 4.76. The van der Waals surface area contributed by atoms with E-state index in [1.165, 1.54) is 25.7 Å². The molecular weight excluding hydrogens is 631 g/mol. The van der Waals surface area contributed by atoms with Gasteiger partial charge in [0.15, 0.2) is 0 Å². The van der Waals surface area contributed by atoms with Crippen molar-refractivity contribution in [2.24, 2.45) is 11.8 Å². The van der Waals surface area contributed by atoms with E-state index in [2.05, 4.69) is 55.4 Å². The van der Waals surface area contributed by atoms with E-state index in [0.29, 0.717) is 37.2 Å². The molecule has 0 atom stereocenters. The molecule has 0 saturated carbocycles. The van der Waals surface area contributed by atoms with Crippen LogP contribution in [-0.4, -0.2) is 61.0 Å². The zero-order valence-electron chi connectivity index (χ0n) is 26.5. The van der Waals surface area contributed by atoms with E-state index in [4.69, 9.17) is 9.47 Å². The zero-order valence-corrected chi connectivity index (χ0v) is 29.4. The molecule has 0 heterocycles. The largest absolute Gasteiger partial charge is 0.463 e. The molecule has 236 valence electrons. The van der Waals surface area contributed by atoms with Crippen LogP contribution in [0, 0.1) is 25.7 Å². The Kier molecular flexibility index (Phi) is 48.0. The van der Waals surface area contributed by atoms with E-state index in [0.717, 1.165) is 63.5 Å². The molecule has 0 aromatic rings. The summed E-state index contributed by atoms with van der Waals surface area (Å²) in [5.41, 5.74) is 0. The summed E-state index contributed by atoms with van der Waals surface area (Å²) in [6, 6.07) is 0. The minimum Gasteiger partial charge on any atom is -0.463 e. The SMILES string of the molecule is CC(C)CCCCCOC(=O)/C=C\C([O])=O.CC(C)CCCCCOC(=O)/C=C\C([O])=O.[CH2]CCC.[CH2]CCC.[Sn]. The number of esters is 2. The Balaban J connectivity index is -0.000000163. The first-order valence-corrected chi connectivity index (χ1v) is 14.6. The number of rotatable bonds is 18. The van der Waals surface area contributed by atoms with Gasteiger partial charge in [0.25, 0.3) is 0 Å². The predicted octanol–water partition coefficient (Wildman–Crippen LogP) is 7.38. The fourth-order valence-electron chi connectivity index (χ4n) is 2.38. The van der Waals surface area contributed by atoms with Crippen molar-refractivity contribution < 1.29 is 38.9 Å². The molecule has 41 heavy (non-hydrogen) atoms. The van der Waals surface area contributed by atoms with Crippen molar-refractivity contribution in [2.45, 2.75) is 119 Å². The number of hydrogen-bond acceptors (Lipinski definition) is 6. The first kappa shape index (κ1) is 48.9. The molecule has 0 aliphatic carbocycles. The Morgan fingerprint density at radius 1 is 0.585 bits per heavy atom. The van der Waals surface area contributed by atoms with Crippen LogP contribution in [0.25, 0.3) is 0 Å². The van der Waals surface area contributed by atoms with Gasteiger partial charge in [0.05, 0.1) is 13.2 Å². The van der Waals surface area contributed by atoms with Gasteiger partial charge in [0.1, 0.15) is 0 Å². The predicted molar refractivity (Wildman–Crippen MR) is 164 cm³/mol. The van der Waals surface area contributed by atoms with Crippen LogP contribution in [-0.2, 0) is 38.9 Å². The van der Waals surface area contributed by atoms with Gasteiger partial charge in [-0.2, -0.15) is 0 Å². The number of ether oxygens (including phenoxy) is 2. The molecule has 8 radical (unpaired) electrons. The number of carbonyl (C=O) groups excluding carboxylic acids is 4. The van der Waals surface area contributed by atoms with Crippen molar-refractivity contribution in [1.82, 2.24) is 0 Å². The van der Waals surface area contributed by atoms with Crippen LogP contribution in [0.5, 0.6) is 0 Å². The van der Waals surface area contributed by atoms with E-state index >= 15 is 0 Å². The van der Waals surface area contributed by atoms with E-state index in [9.17, 15) is 29.4 Å². The molecule has 0 saturated heterocycles. The van der Waals surface area contributed by atoms with Crippen LogP contribution in [0.4, 0.5) is 0 Å². The van der Waals surface area contributed by atoms with Gasteiger partial charge in [-0.25, -0.2) is 29.4 Å². The molecule has 0 fully saturated rings. The molecule has 0 N–H and O–H groups in total. The minimum atomic E-state index is -1.39. The van der Waals surface area contributed by atoms with E-state index < -0.39 is 23.9 Å². The molecule has 9 heteroatoms. The summed E-state index contributed by atoms with van der Waals surface area (Å²) >= 11 is 0. The Bertz CT molecular complexity index is 598. The van der Waals surface area contributed by atoms with E-state index in [1.807, 2.05) is 0 Å². The summed E-state index contributed by atoms with van der Waals surface area (Å²) in [5.74, 6) is -2.65. The Morgan fingerprint density at radius 3 is 1.10 bits per heavy atom. The van der Waals surface area contributed by atoms with Gasteiger partial charge in [-0.05, 0) is 24.7 Å². The fourth-order valence-corrected chi connectivity index (χ4v) is 2.38. The molecule has 0 bridgehead atoms. The number of hydrogen-bond donors (Lipinski definition) is 0. The van der Waals surface area contributed by atoms with Crippen LogP contribution in [0.2, 0.25) is 0 Å². The van der Waals surface area contributed by atoms with Crippen molar-refractivity contribution in [2.75, 3.05) is 13.2 Å². The van der Waals surface area contributed by atoms with E-state index in [-0.39, 0.29) is 23.9 Å². The topological polar surface area (TPSA) is 127 Å². The zero-order chi connectivity index (χ0) is 31.6. The monoisotopic (exact) mass is 688 g/mol. The molecule has 0 amide bonds. The smallest absolute Gasteiger partial charge is 0.379 e. The number of carbonyl (C=O) groups is 4. The summed E-state index contributed by atoms with van der Waals surface area (Å²) in [6.07, 6.45) is 15.9. The summed E-state index contributed by atoms with van der Waals surface area (Å²) in [5, 5.41) is 20.0. The van der Waals surface area contributed by atoms with Crippen LogP contribution in [0.15, 0.2) is 24.3 Å². The van der Waals surface area contributed by atoms with Gasteiger partial charge in [-0.1, -0.05) is 120 Å². The molecule has 0 aliphatic rings. The normalized spacial score (nSPS) is 10.0.